The van der Waals surface area contributed by atoms with Crippen molar-refractivity contribution in [1.29, 1.82) is 0 Å². The Kier molecular flexibility index (Phi) is 3.90. The van der Waals surface area contributed by atoms with E-state index in [0.717, 1.165) is 22.4 Å². The van der Waals surface area contributed by atoms with Gasteiger partial charge in [0, 0.05) is 11.1 Å². The summed E-state index contributed by atoms with van der Waals surface area (Å²) in [6.07, 6.45) is 0. The molecule has 1 atom stereocenters. The van der Waals surface area contributed by atoms with E-state index in [0.29, 0.717) is 11.6 Å². The van der Waals surface area contributed by atoms with Crippen molar-refractivity contribution in [2.75, 3.05) is 0 Å². The highest BCUT2D eigenvalue weighted by Crippen LogP contribution is 2.23. The molecule has 0 spiro atoms. The minimum atomic E-state index is -0.326. The third kappa shape index (κ3) is 3.06. The molecule has 0 radical (unpaired) electrons. The zero-order chi connectivity index (χ0) is 14.8. The molecule has 3 rings (SSSR count). The molecule has 3 nitrogen and oxygen atoms in total. The average Bonchev–Trinajstić information content (AvgIpc) is 2.87. The molecule has 21 heavy (non-hydrogen) atoms. The molecule has 0 bridgehead atoms. The smallest absolute Gasteiger partial charge is 0.124 e. The van der Waals surface area contributed by atoms with E-state index in [2.05, 4.69) is 15.3 Å². The topological polar surface area (TPSA) is 40.7 Å². The van der Waals surface area contributed by atoms with Crippen molar-refractivity contribution in [2.45, 2.75) is 19.5 Å². The standard InChI is InChI=1S/C16H15ClFN3/c1-10(12-7-6-11(18)8-13(12)17)19-9-16-20-14-4-2-3-5-15(14)21-16/h2-8,10,19H,9H2,1H3,(H,20,21). The fraction of sp³-hybridized carbons (Fsp3) is 0.188. The van der Waals surface area contributed by atoms with Crippen molar-refractivity contribution >= 4 is 22.6 Å². The van der Waals surface area contributed by atoms with Gasteiger partial charge in [-0.15, -0.1) is 0 Å². The van der Waals surface area contributed by atoms with Gasteiger partial charge in [0.1, 0.15) is 11.6 Å². The van der Waals surface area contributed by atoms with Crippen LogP contribution in [0.2, 0.25) is 5.02 Å². The van der Waals surface area contributed by atoms with Crippen molar-refractivity contribution < 1.29 is 4.39 Å². The van der Waals surface area contributed by atoms with Gasteiger partial charge < -0.3 is 10.3 Å². The summed E-state index contributed by atoms with van der Waals surface area (Å²) in [6, 6.07) is 12.3. The predicted octanol–water partition coefficient (Wildman–Crippen LogP) is 4.21. The number of hydrogen-bond donors (Lipinski definition) is 2. The Labute approximate surface area is 127 Å². The lowest BCUT2D eigenvalue weighted by atomic mass is 10.1. The number of nitrogens with zero attached hydrogens (tertiary/aromatic N) is 1. The van der Waals surface area contributed by atoms with Crippen molar-refractivity contribution in [3.63, 3.8) is 0 Å². The van der Waals surface area contributed by atoms with Gasteiger partial charge in [-0.05, 0) is 36.8 Å². The van der Waals surface area contributed by atoms with E-state index in [1.807, 2.05) is 31.2 Å². The molecule has 1 unspecified atom stereocenters. The second-order valence-electron chi connectivity index (χ2n) is 4.97. The first-order chi connectivity index (χ1) is 10.1. The summed E-state index contributed by atoms with van der Waals surface area (Å²) in [6.45, 7) is 2.57. The van der Waals surface area contributed by atoms with Crippen LogP contribution in [0.25, 0.3) is 11.0 Å². The Hall–Kier alpha value is -1.91. The third-order valence-corrected chi connectivity index (χ3v) is 3.77. The monoisotopic (exact) mass is 303 g/mol. The summed E-state index contributed by atoms with van der Waals surface area (Å²) in [5.74, 6) is 0.537. The highest BCUT2D eigenvalue weighted by atomic mass is 35.5. The van der Waals surface area contributed by atoms with Gasteiger partial charge in [0.2, 0.25) is 0 Å². The summed E-state index contributed by atoms with van der Waals surface area (Å²) in [5.41, 5.74) is 2.83. The Morgan fingerprint density at radius 2 is 2.10 bits per heavy atom. The lowest BCUT2D eigenvalue weighted by Crippen LogP contribution is -2.19. The fourth-order valence-electron chi connectivity index (χ4n) is 2.30. The molecular formula is C16H15ClFN3. The normalized spacial score (nSPS) is 12.7. The number of imidazole rings is 1. The third-order valence-electron chi connectivity index (χ3n) is 3.44. The maximum atomic E-state index is 13.1. The molecule has 2 N–H and O–H groups in total. The molecule has 1 aromatic heterocycles. The zero-order valence-electron chi connectivity index (χ0n) is 11.5. The Morgan fingerprint density at radius 3 is 2.86 bits per heavy atom. The zero-order valence-corrected chi connectivity index (χ0v) is 12.3. The second-order valence-corrected chi connectivity index (χ2v) is 5.38. The lowest BCUT2D eigenvalue weighted by Gasteiger charge is -2.14. The number of aromatic amines is 1. The summed E-state index contributed by atoms with van der Waals surface area (Å²) in [5, 5.41) is 3.77. The van der Waals surface area contributed by atoms with Crippen LogP contribution in [0.5, 0.6) is 0 Å². The summed E-state index contributed by atoms with van der Waals surface area (Å²) in [7, 11) is 0. The molecule has 5 heteroatoms. The van der Waals surface area contributed by atoms with Crippen LogP contribution in [-0.4, -0.2) is 9.97 Å². The summed E-state index contributed by atoms with van der Waals surface area (Å²) >= 11 is 6.07. The number of rotatable bonds is 4. The molecule has 1 heterocycles. The molecule has 0 aliphatic heterocycles. The number of H-pyrrole nitrogens is 1. The van der Waals surface area contributed by atoms with Crippen LogP contribution in [0.1, 0.15) is 24.4 Å². The van der Waals surface area contributed by atoms with E-state index in [1.165, 1.54) is 12.1 Å². The first kappa shape index (κ1) is 14.0. The van der Waals surface area contributed by atoms with E-state index >= 15 is 0 Å². The number of nitrogens with one attached hydrogen (secondary N) is 2. The molecule has 0 saturated heterocycles. The number of fused-ring (bicyclic) bond motifs is 1. The number of hydrogen-bond acceptors (Lipinski definition) is 2. The minimum absolute atomic E-state index is 0.00584. The quantitative estimate of drug-likeness (QED) is 0.758. The van der Waals surface area contributed by atoms with Crippen LogP contribution >= 0.6 is 11.6 Å². The molecule has 0 aliphatic rings. The van der Waals surface area contributed by atoms with E-state index in [9.17, 15) is 4.39 Å². The maximum absolute atomic E-state index is 13.1. The van der Waals surface area contributed by atoms with E-state index in [4.69, 9.17) is 11.6 Å². The number of para-hydroxylation sites is 2. The van der Waals surface area contributed by atoms with Crippen LogP contribution in [0.15, 0.2) is 42.5 Å². The minimum Gasteiger partial charge on any atom is -0.341 e. The molecule has 2 aromatic carbocycles. The van der Waals surface area contributed by atoms with Gasteiger partial charge in [-0.2, -0.15) is 0 Å². The first-order valence-corrected chi connectivity index (χ1v) is 7.13. The molecule has 0 fully saturated rings. The molecule has 3 aromatic rings. The van der Waals surface area contributed by atoms with Gasteiger partial charge in [0.05, 0.1) is 17.6 Å². The summed E-state index contributed by atoms with van der Waals surface area (Å²) in [4.78, 5) is 7.76. The number of aromatic nitrogens is 2. The van der Waals surface area contributed by atoms with Crippen LogP contribution in [-0.2, 0) is 6.54 Å². The predicted molar refractivity (Wildman–Crippen MR) is 82.8 cm³/mol. The number of benzene rings is 2. The van der Waals surface area contributed by atoms with Crippen molar-refractivity contribution in [2.24, 2.45) is 0 Å². The van der Waals surface area contributed by atoms with Crippen molar-refractivity contribution in [3.8, 4) is 0 Å². The van der Waals surface area contributed by atoms with Gasteiger partial charge in [0.15, 0.2) is 0 Å². The van der Waals surface area contributed by atoms with E-state index < -0.39 is 0 Å². The van der Waals surface area contributed by atoms with Gasteiger partial charge >= 0.3 is 0 Å². The van der Waals surface area contributed by atoms with Gasteiger partial charge in [-0.25, -0.2) is 9.37 Å². The van der Waals surface area contributed by atoms with Crippen LogP contribution in [0, 0.1) is 5.82 Å². The van der Waals surface area contributed by atoms with Crippen molar-refractivity contribution in [1.82, 2.24) is 15.3 Å². The Morgan fingerprint density at radius 1 is 1.29 bits per heavy atom. The SMILES string of the molecule is CC(NCc1nc2ccccc2[nH]1)c1ccc(F)cc1Cl. The Balaban J connectivity index is 1.71. The maximum Gasteiger partial charge on any atom is 0.124 e. The molecule has 108 valence electrons. The second kappa shape index (κ2) is 5.84. The first-order valence-electron chi connectivity index (χ1n) is 6.75. The average molecular weight is 304 g/mol. The highest BCUT2D eigenvalue weighted by molar-refractivity contribution is 6.31. The molecule has 0 amide bonds. The number of halogens is 2. The van der Waals surface area contributed by atoms with Crippen LogP contribution in [0.3, 0.4) is 0 Å². The summed E-state index contributed by atoms with van der Waals surface area (Å²) < 4.78 is 13.1. The van der Waals surface area contributed by atoms with Gasteiger partial charge in [0.25, 0.3) is 0 Å². The lowest BCUT2D eigenvalue weighted by molar-refractivity contribution is 0.560. The van der Waals surface area contributed by atoms with Crippen LogP contribution in [0.4, 0.5) is 4.39 Å². The Bertz CT molecular complexity index is 736. The largest absolute Gasteiger partial charge is 0.341 e. The highest BCUT2D eigenvalue weighted by Gasteiger charge is 2.11. The van der Waals surface area contributed by atoms with Crippen molar-refractivity contribution in [3.05, 3.63) is 64.7 Å². The van der Waals surface area contributed by atoms with E-state index in [1.54, 1.807) is 6.07 Å². The van der Waals surface area contributed by atoms with Gasteiger partial charge in [-0.1, -0.05) is 29.8 Å². The van der Waals surface area contributed by atoms with E-state index in [-0.39, 0.29) is 11.9 Å². The fourth-order valence-corrected chi connectivity index (χ4v) is 2.63. The van der Waals surface area contributed by atoms with Gasteiger partial charge in [-0.3, -0.25) is 0 Å². The molecular weight excluding hydrogens is 289 g/mol. The molecule has 0 saturated carbocycles. The molecule has 0 aliphatic carbocycles. The van der Waals surface area contributed by atoms with Crippen LogP contribution < -0.4 is 5.32 Å².